The highest BCUT2D eigenvalue weighted by atomic mass is 127. The standard InChI is InChI=1S/C20H17O2S.C19H14O2S.HI/c1-22-20(21)18-14-8-9-15-19(18)23(16-10-4-2-5-11-16)17-12-6-3-7-13-17;20-19(21)17-13-7-8-14-18(17)22(15-9-3-1-4-10-15)16-11-5-2-6-12-16;/h2-15H,1H3;1-14H;1H/q+1;;/p-1. The Kier molecular flexibility index (Phi) is 13.1. The van der Waals surface area contributed by atoms with Crippen molar-refractivity contribution in [2.45, 2.75) is 29.4 Å². The van der Waals surface area contributed by atoms with E-state index in [1.54, 1.807) is 12.1 Å². The smallest absolute Gasteiger partial charge is 0.343 e. The molecule has 0 aromatic heterocycles. The molecule has 0 aliphatic carbocycles. The molecule has 230 valence electrons. The Morgan fingerprint density at radius 1 is 0.457 bits per heavy atom. The molecule has 6 rings (SSSR count). The predicted molar refractivity (Wildman–Crippen MR) is 179 cm³/mol. The van der Waals surface area contributed by atoms with Crippen molar-refractivity contribution in [2.24, 2.45) is 0 Å². The van der Waals surface area contributed by atoms with Gasteiger partial charge in [0.1, 0.15) is 16.5 Å². The summed E-state index contributed by atoms with van der Waals surface area (Å²) in [5.41, 5.74) is 0.865. The average Bonchev–Trinajstić information content (AvgIpc) is 3.11. The van der Waals surface area contributed by atoms with Crippen LogP contribution in [0.1, 0.15) is 20.7 Å². The van der Waals surface area contributed by atoms with Crippen molar-refractivity contribution in [1.29, 1.82) is 0 Å². The first-order chi connectivity index (χ1) is 22.1. The quantitative estimate of drug-likeness (QED) is 0.128. The van der Waals surface area contributed by atoms with Crippen molar-refractivity contribution in [1.82, 2.24) is 0 Å². The molecular weight excluding hydrogens is 723 g/mol. The second kappa shape index (κ2) is 17.4. The molecule has 0 heterocycles. The average molecular weight is 755 g/mol. The van der Waals surface area contributed by atoms with Gasteiger partial charge in [0.2, 0.25) is 0 Å². The summed E-state index contributed by atoms with van der Waals surface area (Å²) in [7, 11) is 0.602. The fourth-order valence-corrected chi connectivity index (χ4v) is 9.19. The van der Waals surface area contributed by atoms with Gasteiger partial charge < -0.3 is 38.6 Å². The Labute approximate surface area is 292 Å². The third-order valence-electron chi connectivity index (χ3n) is 6.75. The number of hydrogen-bond donors (Lipinski definition) is 0. The van der Waals surface area contributed by atoms with Crippen LogP contribution in [0.15, 0.2) is 199 Å². The van der Waals surface area contributed by atoms with Gasteiger partial charge in [-0.25, -0.2) is 4.79 Å². The molecule has 6 aromatic carbocycles. The first kappa shape index (κ1) is 34.6. The van der Waals surface area contributed by atoms with Crippen LogP contribution in [-0.2, 0) is 26.5 Å². The van der Waals surface area contributed by atoms with Crippen molar-refractivity contribution >= 4 is 33.7 Å². The number of carbonyl (C=O) groups is 2. The minimum Gasteiger partial charge on any atom is -1.00 e. The topological polar surface area (TPSA) is 66.4 Å². The van der Waals surface area contributed by atoms with Gasteiger partial charge >= 0.3 is 5.97 Å². The highest BCUT2D eigenvalue weighted by Gasteiger charge is 2.33. The Hall–Kier alpha value is -4.31. The van der Waals surface area contributed by atoms with E-state index in [0.29, 0.717) is 5.56 Å². The zero-order chi connectivity index (χ0) is 31.4. The first-order valence-electron chi connectivity index (χ1n) is 14.2. The molecule has 0 unspecified atom stereocenters. The molecule has 0 amide bonds. The second-order valence-corrected chi connectivity index (χ2v) is 13.6. The van der Waals surface area contributed by atoms with Crippen LogP contribution in [-0.4, -0.2) is 19.0 Å². The number of carboxylic acids is 1. The molecule has 0 aliphatic rings. The number of methoxy groups -OCH3 is 1. The van der Waals surface area contributed by atoms with E-state index in [-0.39, 0.29) is 46.4 Å². The Morgan fingerprint density at radius 2 is 0.739 bits per heavy atom. The Morgan fingerprint density at radius 3 is 1.07 bits per heavy atom. The summed E-state index contributed by atoms with van der Waals surface area (Å²) < 4.78 is 4.96. The lowest BCUT2D eigenvalue weighted by molar-refractivity contribution is -0.255. The predicted octanol–water partition coefficient (Wildman–Crippen LogP) is 4.72. The van der Waals surface area contributed by atoms with E-state index in [4.69, 9.17) is 4.74 Å². The monoisotopic (exact) mass is 754 g/mol. The van der Waals surface area contributed by atoms with Crippen LogP contribution >= 0.6 is 0 Å². The minimum atomic E-state index is -1.14. The first-order valence-corrected chi connectivity index (χ1v) is 16.7. The fraction of sp³-hybridized carbons (Fsp3) is 0.0256. The highest BCUT2D eigenvalue weighted by molar-refractivity contribution is 7.97. The number of ether oxygens (including phenoxy) is 1. The van der Waals surface area contributed by atoms with E-state index in [2.05, 4.69) is 24.3 Å². The van der Waals surface area contributed by atoms with Gasteiger partial charge in [-0.05, 0) is 72.8 Å². The van der Waals surface area contributed by atoms with Crippen molar-refractivity contribution in [3.8, 4) is 0 Å². The molecule has 0 radical (unpaired) electrons. The SMILES string of the molecule is COC(=O)c1ccccc1[S+](c1ccccc1)c1ccccc1.O=C([O-])c1ccccc1[S+](c1ccccc1)c1ccccc1.[I-]. The number of aromatic carboxylic acids is 1. The summed E-state index contributed by atoms with van der Waals surface area (Å²) in [4.78, 5) is 29.9. The number of rotatable bonds is 8. The molecule has 46 heavy (non-hydrogen) atoms. The molecule has 0 fully saturated rings. The zero-order valence-corrected chi connectivity index (χ0v) is 28.8. The summed E-state index contributed by atoms with van der Waals surface area (Å²) in [5, 5.41) is 11.5. The summed E-state index contributed by atoms with van der Waals surface area (Å²) in [6.07, 6.45) is 0. The molecule has 0 saturated carbocycles. The van der Waals surface area contributed by atoms with Crippen LogP contribution in [0.25, 0.3) is 0 Å². The maximum Gasteiger partial charge on any atom is 0.343 e. The van der Waals surface area contributed by atoms with Crippen molar-refractivity contribution in [3.05, 3.63) is 181 Å². The number of halogens is 1. The Bertz CT molecular complexity index is 1760. The van der Waals surface area contributed by atoms with E-state index in [9.17, 15) is 14.7 Å². The number of hydrogen-bond acceptors (Lipinski definition) is 4. The van der Waals surface area contributed by atoms with Crippen LogP contribution in [0, 0.1) is 0 Å². The van der Waals surface area contributed by atoms with Gasteiger partial charge in [-0.2, -0.15) is 0 Å². The molecule has 0 aliphatic heterocycles. The molecule has 0 atom stereocenters. The van der Waals surface area contributed by atoms with Crippen LogP contribution in [0.2, 0.25) is 0 Å². The van der Waals surface area contributed by atoms with Gasteiger partial charge in [0.05, 0.1) is 29.5 Å². The van der Waals surface area contributed by atoms with Gasteiger partial charge in [-0.15, -0.1) is 0 Å². The lowest BCUT2D eigenvalue weighted by Gasteiger charge is -2.12. The summed E-state index contributed by atoms with van der Waals surface area (Å²) in [6.45, 7) is 0. The van der Waals surface area contributed by atoms with Crippen molar-refractivity contribution < 1.29 is 43.4 Å². The zero-order valence-electron chi connectivity index (χ0n) is 25.0. The molecule has 0 bridgehead atoms. The lowest BCUT2D eigenvalue weighted by Crippen LogP contribution is -3.00. The van der Waals surface area contributed by atoms with E-state index in [0.717, 1.165) is 19.6 Å². The molecule has 0 N–H and O–H groups in total. The molecule has 4 nitrogen and oxygen atoms in total. The van der Waals surface area contributed by atoms with Gasteiger partial charge in [0.25, 0.3) is 0 Å². The molecule has 7 heteroatoms. The maximum absolute atomic E-state index is 12.2. The molecule has 6 aromatic rings. The van der Waals surface area contributed by atoms with E-state index >= 15 is 0 Å². The van der Waals surface area contributed by atoms with Crippen LogP contribution in [0.5, 0.6) is 0 Å². The molecular formula is C39H31IO4S2. The van der Waals surface area contributed by atoms with Gasteiger partial charge in [-0.3, -0.25) is 0 Å². The number of carbonyl (C=O) groups excluding carboxylic acids is 2. The van der Waals surface area contributed by atoms with Crippen LogP contribution in [0.3, 0.4) is 0 Å². The third kappa shape index (κ3) is 8.48. The molecule has 0 spiro atoms. The van der Waals surface area contributed by atoms with Crippen LogP contribution in [0.4, 0.5) is 0 Å². The largest absolute Gasteiger partial charge is 1.00 e. The Balaban J connectivity index is 0.000000205. The second-order valence-electron chi connectivity index (χ2n) is 9.64. The van der Waals surface area contributed by atoms with Gasteiger partial charge in [0, 0.05) is 0 Å². The van der Waals surface area contributed by atoms with Gasteiger partial charge in [-0.1, -0.05) is 97.1 Å². The summed E-state index contributed by atoms with van der Waals surface area (Å²) >= 11 is 0. The maximum atomic E-state index is 12.2. The minimum absolute atomic E-state index is 0. The highest BCUT2D eigenvalue weighted by Crippen LogP contribution is 2.34. The van der Waals surface area contributed by atoms with Crippen molar-refractivity contribution in [3.63, 3.8) is 0 Å². The van der Waals surface area contributed by atoms with E-state index in [1.807, 2.05) is 133 Å². The number of carboxylic acid groups (broad SMARTS) is 1. The number of benzene rings is 6. The van der Waals surface area contributed by atoms with Crippen molar-refractivity contribution in [2.75, 3.05) is 7.11 Å². The summed E-state index contributed by atoms with van der Waals surface area (Å²) in [6, 6.07) is 55.2. The van der Waals surface area contributed by atoms with E-state index < -0.39 is 16.9 Å². The summed E-state index contributed by atoms with van der Waals surface area (Å²) in [5.74, 6) is -1.44. The fourth-order valence-electron chi connectivity index (χ4n) is 4.74. The number of esters is 1. The van der Waals surface area contributed by atoms with Crippen LogP contribution < -0.4 is 29.1 Å². The normalized spacial score (nSPS) is 10.3. The lowest BCUT2D eigenvalue weighted by atomic mass is 10.2. The van der Waals surface area contributed by atoms with E-state index in [1.165, 1.54) is 16.9 Å². The van der Waals surface area contributed by atoms with Gasteiger partial charge in [0.15, 0.2) is 29.4 Å². The third-order valence-corrected chi connectivity index (χ3v) is 11.3. The molecule has 0 saturated heterocycles.